The average molecular weight is 270 g/mol. The SMILES string of the molecule is Cn1nnnc1CC(=O)NC(CCC(N)=O)C(=O)O. The second kappa shape index (κ2) is 6.42. The van der Waals surface area contributed by atoms with Crippen molar-refractivity contribution >= 4 is 17.8 Å². The number of primary amides is 1. The Balaban J connectivity index is 2.54. The van der Waals surface area contributed by atoms with Crippen LogP contribution in [0.25, 0.3) is 0 Å². The van der Waals surface area contributed by atoms with Gasteiger partial charge in [0.25, 0.3) is 0 Å². The maximum atomic E-state index is 11.6. The van der Waals surface area contributed by atoms with Crippen LogP contribution in [0.3, 0.4) is 0 Å². The summed E-state index contributed by atoms with van der Waals surface area (Å²) < 4.78 is 1.30. The number of nitrogens with zero attached hydrogens (tertiary/aromatic N) is 4. The van der Waals surface area contributed by atoms with Crippen LogP contribution >= 0.6 is 0 Å². The largest absolute Gasteiger partial charge is 0.480 e. The van der Waals surface area contributed by atoms with Crippen LogP contribution in [0.1, 0.15) is 18.7 Å². The Hall–Kier alpha value is -2.52. The fourth-order valence-corrected chi connectivity index (χ4v) is 1.33. The van der Waals surface area contributed by atoms with Crippen molar-refractivity contribution in [3.05, 3.63) is 5.82 Å². The fourth-order valence-electron chi connectivity index (χ4n) is 1.33. The van der Waals surface area contributed by atoms with E-state index in [4.69, 9.17) is 10.8 Å². The predicted molar refractivity (Wildman–Crippen MR) is 60.5 cm³/mol. The predicted octanol–water partition coefficient (Wildman–Crippen LogP) is -2.41. The molecule has 0 aliphatic rings. The van der Waals surface area contributed by atoms with Gasteiger partial charge in [-0.1, -0.05) is 0 Å². The molecule has 0 bridgehead atoms. The molecule has 2 amide bonds. The zero-order chi connectivity index (χ0) is 14.4. The molecule has 1 aromatic rings. The number of rotatable bonds is 7. The van der Waals surface area contributed by atoms with Crippen LogP contribution in [0.2, 0.25) is 0 Å². The molecule has 0 spiro atoms. The number of tetrazole rings is 1. The first kappa shape index (κ1) is 14.5. The molecule has 10 nitrogen and oxygen atoms in total. The van der Waals surface area contributed by atoms with E-state index in [9.17, 15) is 14.4 Å². The van der Waals surface area contributed by atoms with Crippen LogP contribution in [0, 0.1) is 0 Å². The minimum absolute atomic E-state index is 0.0620. The van der Waals surface area contributed by atoms with Gasteiger partial charge in [-0.15, -0.1) is 5.10 Å². The Morgan fingerprint density at radius 3 is 2.63 bits per heavy atom. The van der Waals surface area contributed by atoms with Crippen molar-refractivity contribution in [2.24, 2.45) is 12.8 Å². The van der Waals surface area contributed by atoms with Gasteiger partial charge in [0.15, 0.2) is 5.82 Å². The summed E-state index contributed by atoms with van der Waals surface area (Å²) in [7, 11) is 1.56. The van der Waals surface area contributed by atoms with Crippen molar-refractivity contribution in [1.29, 1.82) is 0 Å². The molecule has 0 aliphatic carbocycles. The number of carboxylic acid groups (broad SMARTS) is 1. The third-order valence-corrected chi connectivity index (χ3v) is 2.34. The number of hydrogen-bond acceptors (Lipinski definition) is 6. The van der Waals surface area contributed by atoms with Crippen LogP contribution in [-0.2, 0) is 27.9 Å². The lowest BCUT2D eigenvalue weighted by Gasteiger charge is -2.13. The molecule has 1 atom stereocenters. The van der Waals surface area contributed by atoms with Crippen molar-refractivity contribution in [2.45, 2.75) is 25.3 Å². The lowest BCUT2D eigenvalue weighted by molar-refractivity contribution is -0.142. The van der Waals surface area contributed by atoms with Crippen LogP contribution in [-0.4, -0.2) is 49.1 Å². The Bertz CT molecular complexity index is 485. The Morgan fingerprint density at radius 1 is 1.47 bits per heavy atom. The summed E-state index contributed by atoms with van der Waals surface area (Å²) in [5.41, 5.74) is 4.93. The Labute approximate surface area is 108 Å². The summed E-state index contributed by atoms with van der Waals surface area (Å²) in [6.45, 7) is 0. The highest BCUT2D eigenvalue weighted by Gasteiger charge is 2.21. The maximum absolute atomic E-state index is 11.6. The molecule has 10 heteroatoms. The van der Waals surface area contributed by atoms with E-state index in [0.717, 1.165) is 0 Å². The lowest BCUT2D eigenvalue weighted by atomic mass is 10.1. The van der Waals surface area contributed by atoms with Crippen molar-refractivity contribution in [3.63, 3.8) is 0 Å². The second-order valence-corrected chi connectivity index (χ2v) is 3.86. The summed E-state index contributed by atoms with van der Waals surface area (Å²) in [5, 5.41) is 21.7. The average Bonchev–Trinajstić information content (AvgIpc) is 2.69. The smallest absolute Gasteiger partial charge is 0.326 e. The molecule has 19 heavy (non-hydrogen) atoms. The third kappa shape index (κ3) is 4.69. The minimum Gasteiger partial charge on any atom is -0.480 e. The zero-order valence-electron chi connectivity index (χ0n) is 10.2. The highest BCUT2D eigenvalue weighted by atomic mass is 16.4. The molecule has 4 N–H and O–H groups in total. The normalized spacial score (nSPS) is 11.8. The van der Waals surface area contributed by atoms with Gasteiger partial charge in [-0.25, -0.2) is 9.48 Å². The first-order valence-corrected chi connectivity index (χ1v) is 5.42. The van der Waals surface area contributed by atoms with Crippen LogP contribution in [0.5, 0.6) is 0 Å². The highest BCUT2D eigenvalue weighted by molar-refractivity contribution is 5.85. The van der Waals surface area contributed by atoms with Gasteiger partial charge in [0, 0.05) is 13.5 Å². The molecular formula is C9H14N6O4. The molecule has 0 saturated heterocycles. The van der Waals surface area contributed by atoms with Crippen LogP contribution < -0.4 is 11.1 Å². The van der Waals surface area contributed by atoms with E-state index >= 15 is 0 Å². The molecule has 0 aliphatic heterocycles. The quantitative estimate of drug-likeness (QED) is 0.498. The molecule has 1 aromatic heterocycles. The van der Waals surface area contributed by atoms with E-state index < -0.39 is 23.8 Å². The van der Waals surface area contributed by atoms with Gasteiger partial charge in [0.2, 0.25) is 11.8 Å². The van der Waals surface area contributed by atoms with Crippen molar-refractivity contribution in [1.82, 2.24) is 25.5 Å². The number of carbonyl (C=O) groups is 3. The minimum atomic E-state index is -1.23. The molecule has 0 aromatic carbocycles. The number of hydrogen-bond donors (Lipinski definition) is 3. The van der Waals surface area contributed by atoms with Gasteiger partial charge in [-0.05, 0) is 16.8 Å². The van der Waals surface area contributed by atoms with Gasteiger partial charge in [0.1, 0.15) is 6.04 Å². The summed E-state index contributed by atoms with van der Waals surface area (Å²) in [5.74, 6) is -2.10. The monoisotopic (exact) mass is 270 g/mol. The number of amides is 2. The standard InChI is InChI=1S/C9H14N6O4/c1-15-7(12-13-14-15)4-8(17)11-5(9(18)19)2-3-6(10)16/h5H,2-4H2,1H3,(H2,10,16)(H,11,17)(H,18,19). The number of aliphatic carboxylic acids is 1. The van der Waals surface area contributed by atoms with E-state index in [1.807, 2.05) is 0 Å². The van der Waals surface area contributed by atoms with Crippen LogP contribution in [0.4, 0.5) is 0 Å². The van der Waals surface area contributed by atoms with Crippen molar-refractivity contribution in [2.75, 3.05) is 0 Å². The van der Waals surface area contributed by atoms with Gasteiger partial charge >= 0.3 is 5.97 Å². The number of carbonyl (C=O) groups excluding carboxylic acids is 2. The first-order valence-electron chi connectivity index (χ1n) is 5.42. The first-order chi connectivity index (χ1) is 8.90. The molecular weight excluding hydrogens is 256 g/mol. The van der Waals surface area contributed by atoms with Gasteiger partial charge in [0.05, 0.1) is 6.42 Å². The Kier molecular flexibility index (Phi) is 4.92. The zero-order valence-corrected chi connectivity index (χ0v) is 10.2. The molecule has 0 radical (unpaired) electrons. The summed E-state index contributed by atoms with van der Waals surface area (Å²) >= 11 is 0. The lowest BCUT2D eigenvalue weighted by Crippen LogP contribution is -2.42. The fraction of sp³-hybridized carbons (Fsp3) is 0.556. The number of carboxylic acids is 1. The number of aryl methyl sites for hydroxylation is 1. The number of nitrogens with one attached hydrogen (secondary N) is 1. The highest BCUT2D eigenvalue weighted by Crippen LogP contribution is 1.99. The van der Waals surface area contributed by atoms with Gasteiger partial charge in [-0.2, -0.15) is 0 Å². The van der Waals surface area contributed by atoms with E-state index in [-0.39, 0.29) is 19.3 Å². The number of aromatic nitrogens is 4. The second-order valence-electron chi connectivity index (χ2n) is 3.86. The summed E-state index contributed by atoms with van der Waals surface area (Å²) in [4.78, 5) is 33.1. The molecule has 104 valence electrons. The topological polar surface area (TPSA) is 153 Å². The Morgan fingerprint density at radius 2 is 2.16 bits per heavy atom. The van der Waals surface area contributed by atoms with E-state index in [1.165, 1.54) is 4.68 Å². The maximum Gasteiger partial charge on any atom is 0.326 e. The van der Waals surface area contributed by atoms with Gasteiger partial charge < -0.3 is 16.2 Å². The van der Waals surface area contributed by atoms with Gasteiger partial charge in [-0.3, -0.25) is 9.59 Å². The van der Waals surface area contributed by atoms with E-state index in [0.29, 0.717) is 5.82 Å². The van der Waals surface area contributed by atoms with E-state index in [1.54, 1.807) is 7.05 Å². The molecule has 0 saturated carbocycles. The summed E-state index contributed by atoms with van der Waals surface area (Å²) in [6.07, 6.45) is -0.333. The van der Waals surface area contributed by atoms with Crippen molar-refractivity contribution < 1.29 is 19.5 Å². The molecule has 1 unspecified atom stereocenters. The van der Waals surface area contributed by atoms with E-state index in [2.05, 4.69) is 20.8 Å². The molecule has 1 rings (SSSR count). The summed E-state index contributed by atoms with van der Waals surface area (Å²) in [6, 6.07) is -1.17. The molecule has 1 heterocycles. The van der Waals surface area contributed by atoms with Crippen LogP contribution in [0.15, 0.2) is 0 Å². The molecule has 0 fully saturated rings. The number of nitrogens with two attached hydrogens (primary N) is 1. The van der Waals surface area contributed by atoms with Crippen molar-refractivity contribution in [3.8, 4) is 0 Å². The third-order valence-electron chi connectivity index (χ3n) is 2.34.